The van der Waals surface area contributed by atoms with E-state index in [9.17, 15) is 35.1 Å². The van der Waals surface area contributed by atoms with Gasteiger partial charge in [-0.25, -0.2) is 0 Å². The van der Waals surface area contributed by atoms with Crippen molar-refractivity contribution in [1.29, 1.82) is 0 Å². The van der Waals surface area contributed by atoms with Crippen LogP contribution in [0, 0.1) is 0 Å². The van der Waals surface area contributed by atoms with E-state index in [-0.39, 0.29) is 18.5 Å². The molecule has 0 aromatic rings. The van der Waals surface area contributed by atoms with Crippen molar-refractivity contribution in [2.75, 3.05) is 19.8 Å². The molecular weight excluding hydrogens is 1050 g/mol. The average Bonchev–Trinajstić information content (AvgIpc) is 3.54. The molecule has 1 aliphatic rings. The van der Waals surface area contributed by atoms with Crippen LogP contribution in [0.25, 0.3) is 0 Å². The van der Waals surface area contributed by atoms with Gasteiger partial charge in [0.05, 0.1) is 32.0 Å². The number of allylic oxidation sites excluding steroid dienone is 13. The van der Waals surface area contributed by atoms with Gasteiger partial charge in [0.15, 0.2) is 6.29 Å². The summed E-state index contributed by atoms with van der Waals surface area (Å²) in [5.74, 6) is -0.209. The number of amides is 1. The number of hydrogen-bond donors (Lipinski definition) is 6. The van der Waals surface area contributed by atoms with Crippen LogP contribution in [0.1, 0.15) is 303 Å². The van der Waals surface area contributed by atoms with E-state index in [0.717, 1.165) is 83.5 Å². The first-order chi connectivity index (χ1) is 41.2. The molecule has 1 saturated heterocycles. The molecule has 1 amide bonds. The van der Waals surface area contributed by atoms with E-state index in [1.807, 2.05) is 6.08 Å². The van der Waals surface area contributed by atoms with Gasteiger partial charge in [0, 0.05) is 12.8 Å². The third-order valence-electron chi connectivity index (χ3n) is 15.9. The monoisotopic (exact) mass is 1180 g/mol. The van der Waals surface area contributed by atoms with Gasteiger partial charge in [-0.1, -0.05) is 259 Å². The maximum Gasteiger partial charge on any atom is 0.305 e. The Labute approximate surface area is 514 Å². The molecule has 7 unspecified atom stereocenters. The highest BCUT2D eigenvalue weighted by molar-refractivity contribution is 5.76. The number of aliphatic hydroxyl groups excluding tert-OH is 5. The van der Waals surface area contributed by atoms with E-state index < -0.39 is 49.5 Å². The van der Waals surface area contributed by atoms with Gasteiger partial charge in [-0.15, -0.1) is 0 Å². The fourth-order valence-corrected chi connectivity index (χ4v) is 10.5. The van der Waals surface area contributed by atoms with Crippen molar-refractivity contribution in [2.24, 2.45) is 0 Å². The van der Waals surface area contributed by atoms with E-state index in [0.29, 0.717) is 19.4 Å². The molecule has 0 aromatic heterocycles. The Morgan fingerprint density at radius 2 is 0.845 bits per heavy atom. The van der Waals surface area contributed by atoms with Crippen molar-refractivity contribution in [3.05, 3.63) is 85.1 Å². The van der Waals surface area contributed by atoms with Gasteiger partial charge in [0.1, 0.15) is 24.4 Å². The van der Waals surface area contributed by atoms with E-state index in [1.165, 1.54) is 193 Å². The smallest absolute Gasteiger partial charge is 0.305 e. The first kappa shape index (κ1) is 78.9. The third kappa shape index (κ3) is 49.9. The van der Waals surface area contributed by atoms with Crippen LogP contribution in [-0.4, -0.2) is 100 Å². The summed E-state index contributed by atoms with van der Waals surface area (Å²) < 4.78 is 16.7. The molecule has 11 heteroatoms. The highest BCUT2D eigenvalue weighted by atomic mass is 16.7. The van der Waals surface area contributed by atoms with Gasteiger partial charge in [-0.2, -0.15) is 0 Å². The Morgan fingerprint density at radius 3 is 1.30 bits per heavy atom. The molecule has 1 aliphatic heterocycles. The van der Waals surface area contributed by atoms with Gasteiger partial charge in [-0.3, -0.25) is 9.59 Å². The van der Waals surface area contributed by atoms with Crippen LogP contribution in [0.3, 0.4) is 0 Å². The van der Waals surface area contributed by atoms with E-state index >= 15 is 0 Å². The molecule has 11 nitrogen and oxygen atoms in total. The fraction of sp³-hybridized carbons (Fsp3) is 0.781. The number of rotatable bonds is 60. The largest absolute Gasteiger partial charge is 0.466 e. The molecule has 0 saturated carbocycles. The summed E-state index contributed by atoms with van der Waals surface area (Å²) in [7, 11) is 0. The molecule has 0 radical (unpaired) electrons. The second-order valence-corrected chi connectivity index (χ2v) is 23.8. The molecule has 84 heavy (non-hydrogen) atoms. The molecule has 7 atom stereocenters. The minimum absolute atomic E-state index is 0.0100. The zero-order valence-electron chi connectivity index (χ0n) is 53.8. The summed E-state index contributed by atoms with van der Waals surface area (Å²) in [5.41, 5.74) is 0. The lowest BCUT2D eigenvalue weighted by Gasteiger charge is -2.40. The summed E-state index contributed by atoms with van der Waals surface area (Å²) in [4.78, 5) is 25.1. The molecule has 0 aromatic carbocycles. The lowest BCUT2D eigenvalue weighted by molar-refractivity contribution is -0.302. The Kier molecular flexibility index (Phi) is 57.7. The maximum absolute atomic E-state index is 13.0. The normalized spacial score (nSPS) is 18.6. The number of carbonyl (C=O) groups excluding carboxylic acids is 2. The number of nitrogens with one attached hydrogen (secondary N) is 1. The average molecular weight is 1180 g/mol. The first-order valence-corrected chi connectivity index (χ1v) is 34.9. The number of hydrogen-bond acceptors (Lipinski definition) is 10. The standard InChI is InChI=1S/C73H129NO10/c1-3-5-7-9-11-13-15-16-34-38-41-45-49-53-57-61-69(78)82-62-58-54-50-46-42-39-36-33-31-29-27-25-23-21-19-17-18-20-22-24-26-28-30-32-35-37-40-44-48-52-56-60-68(77)74-65(64-83-73-72(81)71(80)70(79)67(63-75)84-73)66(76)59-55-51-47-43-14-12-10-8-6-4-2/h6,8,11,13-14,16,19,21,25,27,34,43,55,59,65-67,70-73,75-76,79-81H,3-5,7,9-10,12,15,17-18,20,22-24,26,28-33,35-42,44-54,56-58,60-64H2,1-2H3,(H,74,77)/b8-6+,13-11-,21-19-,27-25-,34-16-,43-14+,59-55+. The van der Waals surface area contributed by atoms with Gasteiger partial charge in [0.2, 0.25) is 5.91 Å². The first-order valence-electron chi connectivity index (χ1n) is 34.9. The summed E-state index contributed by atoms with van der Waals surface area (Å²) in [5, 5.41) is 54.3. The quantitative estimate of drug-likeness (QED) is 0.0195. The van der Waals surface area contributed by atoms with Gasteiger partial charge >= 0.3 is 5.97 Å². The van der Waals surface area contributed by atoms with Crippen LogP contribution < -0.4 is 5.32 Å². The molecule has 0 spiro atoms. The van der Waals surface area contributed by atoms with E-state index in [4.69, 9.17) is 14.2 Å². The Balaban J connectivity index is 1.95. The maximum atomic E-state index is 13.0. The van der Waals surface area contributed by atoms with Crippen LogP contribution in [0.2, 0.25) is 0 Å². The zero-order valence-corrected chi connectivity index (χ0v) is 53.8. The molecule has 1 heterocycles. The lowest BCUT2D eigenvalue weighted by atomic mass is 9.99. The summed E-state index contributed by atoms with van der Waals surface area (Å²) >= 11 is 0. The second-order valence-electron chi connectivity index (χ2n) is 23.8. The van der Waals surface area contributed by atoms with Crippen molar-refractivity contribution in [2.45, 2.75) is 346 Å². The fourth-order valence-electron chi connectivity index (χ4n) is 10.5. The molecule has 486 valence electrons. The number of esters is 1. The highest BCUT2D eigenvalue weighted by Crippen LogP contribution is 2.23. The van der Waals surface area contributed by atoms with Crippen molar-refractivity contribution in [1.82, 2.24) is 5.32 Å². The van der Waals surface area contributed by atoms with E-state index in [2.05, 4.69) is 92.1 Å². The number of aliphatic hydroxyl groups is 5. The van der Waals surface area contributed by atoms with Gasteiger partial charge < -0.3 is 45.1 Å². The summed E-state index contributed by atoms with van der Waals surface area (Å²) in [6.45, 7) is 4.17. The predicted molar refractivity (Wildman–Crippen MR) is 352 cm³/mol. The van der Waals surface area contributed by atoms with Crippen molar-refractivity contribution >= 4 is 11.9 Å². The van der Waals surface area contributed by atoms with Gasteiger partial charge in [-0.05, 0) is 116 Å². The SMILES string of the molecule is CC/C=C/CC/C=C/CC/C=C/C(O)C(COC1OC(CO)C(O)C(O)C1O)NC(=O)CCCCCCCCCCCCCCCCC/C=C\C/C=C\CCCCCCCCCCCOC(=O)CCCCCCC/C=C\C/C=C\CCCCC. The van der Waals surface area contributed by atoms with Crippen LogP contribution in [0.5, 0.6) is 0 Å². The predicted octanol–water partition coefficient (Wildman–Crippen LogP) is 17.7. The topological polar surface area (TPSA) is 175 Å². The Hall–Kier alpha value is -3.16. The van der Waals surface area contributed by atoms with Crippen LogP contribution in [0.15, 0.2) is 85.1 Å². The molecule has 6 N–H and O–H groups in total. The Morgan fingerprint density at radius 1 is 0.452 bits per heavy atom. The molecule has 1 fully saturated rings. The number of ether oxygens (including phenoxy) is 3. The Bertz CT molecular complexity index is 1670. The second kappa shape index (κ2) is 61.5. The highest BCUT2D eigenvalue weighted by Gasteiger charge is 2.44. The molecule has 0 aliphatic carbocycles. The van der Waals surface area contributed by atoms with Gasteiger partial charge in [0.25, 0.3) is 0 Å². The van der Waals surface area contributed by atoms with Crippen LogP contribution in [-0.2, 0) is 23.8 Å². The zero-order chi connectivity index (χ0) is 60.9. The van der Waals surface area contributed by atoms with E-state index in [1.54, 1.807) is 6.08 Å². The molecule has 1 rings (SSSR count). The summed E-state index contributed by atoms with van der Waals surface area (Å²) in [6, 6.07) is -0.835. The molecular formula is C73H129NO10. The minimum atomic E-state index is -1.58. The van der Waals surface area contributed by atoms with Crippen LogP contribution >= 0.6 is 0 Å². The van der Waals surface area contributed by atoms with Crippen molar-refractivity contribution in [3.63, 3.8) is 0 Å². The van der Waals surface area contributed by atoms with Crippen molar-refractivity contribution < 1.29 is 49.3 Å². The summed E-state index contributed by atoms with van der Waals surface area (Å²) in [6.07, 6.45) is 74.5. The molecule has 0 bridgehead atoms. The number of unbranched alkanes of at least 4 members (excludes halogenated alkanes) is 34. The number of carbonyl (C=O) groups is 2. The third-order valence-corrected chi connectivity index (χ3v) is 15.9. The van der Waals surface area contributed by atoms with Crippen LogP contribution in [0.4, 0.5) is 0 Å². The minimum Gasteiger partial charge on any atom is -0.466 e. The lowest BCUT2D eigenvalue weighted by Crippen LogP contribution is -2.60. The van der Waals surface area contributed by atoms with Crippen molar-refractivity contribution in [3.8, 4) is 0 Å².